The van der Waals surface area contributed by atoms with E-state index in [2.05, 4.69) is 5.32 Å². The van der Waals surface area contributed by atoms with Gasteiger partial charge < -0.3 is 10.1 Å². The maximum Gasteiger partial charge on any atom is 0.416 e. The number of hydrogen-bond donors (Lipinski definition) is 1. The Kier molecular flexibility index (Phi) is 7.24. The van der Waals surface area contributed by atoms with Crippen LogP contribution in [0.15, 0.2) is 18.2 Å². The van der Waals surface area contributed by atoms with E-state index in [1.807, 2.05) is 6.92 Å². The number of benzene rings is 1. The fraction of sp³-hybridized carbons (Fsp3) is 0.579. The minimum atomic E-state index is -4.49. The summed E-state index contributed by atoms with van der Waals surface area (Å²) in [4.78, 5) is 24.1. The number of alkyl halides is 3. The van der Waals surface area contributed by atoms with Gasteiger partial charge in [0.05, 0.1) is 5.56 Å². The number of Topliss-reactive ketones (excluding diaryl/α,β-unsaturated/α-hetero) is 1. The highest BCUT2D eigenvalue weighted by Crippen LogP contribution is 2.31. The molecule has 0 spiro atoms. The second kappa shape index (κ2) is 8.56. The summed E-state index contributed by atoms with van der Waals surface area (Å²) in [6.07, 6.45) is -4.13. The molecule has 0 radical (unpaired) electrons. The molecule has 1 unspecified atom stereocenters. The van der Waals surface area contributed by atoms with E-state index in [0.29, 0.717) is 18.4 Å². The van der Waals surface area contributed by atoms with E-state index in [4.69, 9.17) is 4.74 Å². The van der Waals surface area contributed by atoms with Gasteiger partial charge in [0.2, 0.25) is 0 Å². The Hall–Kier alpha value is -2.05. The van der Waals surface area contributed by atoms with Crippen molar-refractivity contribution in [2.45, 2.75) is 71.7 Å². The molecule has 0 aliphatic rings. The van der Waals surface area contributed by atoms with Crippen molar-refractivity contribution in [1.82, 2.24) is 5.32 Å². The van der Waals surface area contributed by atoms with Gasteiger partial charge in [-0.05, 0) is 64.3 Å². The number of nitrogens with one attached hydrogen (secondary N) is 1. The molecule has 0 bridgehead atoms. The third kappa shape index (κ3) is 7.45. The SMILES string of the molecule is CCC(CCC(=O)c1cc(C)cc(C(F)(F)F)c1)NC(=O)OC(C)(C)C. The smallest absolute Gasteiger partial charge is 0.416 e. The highest BCUT2D eigenvalue weighted by atomic mass is 19.4. The van der Waals surface area contributed by atoms with Crippen LogP contribution in [-0.4, -0.2) is 23.5 Å². The number of alkyl carbamates (subject to hydrolysis) is 1. The molecule has 0 aliphatic carbocycles. The van der Waals surface area contributed by atoms with Crippen molar-refractivity contribution < 1.29 is 27.5 Å². The molecule has 0 fully saturated rings. The predicted octanol–water partition coefficient (Wildman–Crippen LogP) is 5.28. The number of ketones is 1. The number of hydrogen-bond acceptors (Lipinski definition) is 3. The Bertz CT molecular complexity index is 648. The Morgan fingerprint density at radius 1 is 1.15 bits per heavy atom. The molecule has 1 aromatic carbocycles. The minimum absolute atomic E-state index is 0.0319. The Labute approximate surface area is 152 Å². The summed E-state index contributed by atoms with van der Waals surface area (Å²) in [7, 11) is 0. The van der Waals surface area contributed by atoms with Gasteiger partial charge in [-0.1, -0.05) is 6.92 Å². The van der Waals surface area contributed by atoms with E-state index in [1.165, 1.54) is 13.0 Å². The first-order valence-corrected chi connectivity index (χ1v) is 8.53. The third-order valence-corrected chi connectivity index (χ3v) is 3.66. The van der Waals surface area contributed by atoms with Crippen LogP contribution in [0.1, 0.15) is 68.4 Å². The van der Waals surface area contributed by atoms with Crippen molar-refractivity contribution in [2.75, 3.05) is 0 Å². The van der Waals surface area contributed by atoms with Crippen molar-refractivity contribution in [3.8, 4) is 0 Å². The van der Waals surface area contributed by atoms with Gasteiger partial charge in [0, 0.05) is 18.0 Å². The van der Waals surface area contributed by atoms with E-state index in [1.54, 1.807) is 20.8 Å². The second-order valence-corrected chi connectivity index (χ2v) is 7.30. The fourth-order valence-electron chi connectivity index (χ4n) is 2.41. The summed E-state index contributed by atoms with van der Waals surface area (Å²) in [5.74, 6) is -0.386. The summed E-state index contributed by atoms with van der Waals surface area (Å²) in [6.45, 7) is 8.60. The largest absolute Gasteiger partial charge is 0.444 e. The topological polar surface area (TPSA) is 55.4 Å². The first kappa shape index (κ1) is 22.0. The lowest BCUT2D eigenvalue weighted by molar-refractivity contribution is -0.137. The Morgan fingerprint density at radius 2 is 1.77 bits per heavy atom. The number of ether oxygens (including phenoxy) is 1. The van der Waals surface area contributed by atoms with Crippen LogP contribution in [0.2, 0.25) is 0 Å². The molecular formula is C19H26F3NO3. The van der Waals surface area contributed by atoms with Crippen LogP contribution >= 0.6 is 0 Å². The normalized spacial score (nSPS) is 13.2. The molecule has 1 amide bonds. The Balaban J connectivity index is 2.73. The van der Waals surface area contributed by atoms with Crippen molar-refractivity contribution in [1.29, 1.82) is 0 Å². The van der Waals surface area contributed by atoms with Gasteiger partial charge in [-0.25, -0.2) is 4.79 Å². The molecule has 1 atom stereocenters. The molecule has 1 rings (SSSR count). The summed E-state index contributed by atoms with van der Waals surface area (Å²) in [5, 5.41) is 2.68. The monoisotopic (exact) mass is 373 g/mol. The first-order chi connectivity index (χ1) is 11.8. The molecule has 0 heterocycles. The zero-order valence-electron chi connectivity index (χ0n) is 15.8. The molecule has 26 heavy (non-hydrogen) atoms. The third-order valence-electron chi connectivity index (χ3n) is 3.66. The molecule has 0 aliphatic heterocycles. The standard InChI is InChI=1S/C19H26F3NO3/c1-6-15(23-17(25)26-18(3,4)5)7-8-16(24)13-9-12(2)10-14(11-13)19(20,21)22/h9-11,15H,6-8H2,1-5H3,(H,23,25). The fourth-order valence-corrected chi connectivity index (χ4v) is 2.41. The van der Waals surface area contributed by atoms with E-state index in [9.17, 15) is 22.8 Å². The molecule has 0 aromatic heterocycles. The van der Waals surface area contributed by atoms with Gasteiger partial charge in [-0.3, -0.25) is 4.79 Å². The zero-order chi connectivity index (χ0) is 20.1. The second-order valence-electron chi connectivity index (χ2n) is 7.30. The van der Waals surface area contributed by atoms with Crippen LogP contribution in [-0.2, 0) is 10.9 Å². The molecule has 0 saturated heterocycles. The van der Waals surface area contributed by atoms with Gasteiger partial charge in [-0.15, -0.1) is 0 Å². The lowest BCUT2D eigenvalue weighted by atomic mass is 9.98. The molecule has 1 aromatic rings. The average Bonchev–Trinajstić information content (AvgIpc) is 2.47. The summed E-state index contributed by atoms with van der Waals surface area (Å²) < 4.78 is 43.8. The lowest BCUT2D eigenvalue weighted by Gasteiger charge is -2.23. The molecule has 4 nitrogen and oxygen atoms in total. The molecule has 1 N–H and O–H groups in total. The lowest BCUT2D eigenvalue weighted by Crippen LogP contribution is -2.39. The van der Waals surface area contributed by atoms with Gasteiger partial charge in [0.1, 0.15) is 5.60 Å². The maximum atomic E-state index is 12.9. The van der Waals surface area contributed by atoms with Crippen LogP contribution < -0.4 is 5.32 Å². The summed E-state index contributed by atoms with van der Waals surface area (Å²) in [5.41, 5.74) is -1.06. The highest BCUT2D eigenvalue weighted by molar-refractivity contribution is 5.96. The van der Waals surface area contributed by atoms with Crippen LogP contribution in [0.5, 0.6) is 0 Å². The number of rotatable bonds is 6. The molecule has 7 heteroatoms. The number of halogens is 3. The average molecular weight is 373 g/mol. The van der Waals surface area contributed by atoms with Crippen molar-refractivity contribution in [2.24, 2.45) is 0 Å². The van der Waals surface area contributed by atoms with Crippen LogP contribution in [0, 0.1) is 6.92 Å². The van der Waals surface area contributed by atoms with Crippen molar-refractivity contribution in [3.63, 3.8) is 0 Å². The van der Waals surface area contributed by atoms with E-state index in [-0.39, 0.29) is 23.8 Å². The van der Waals surface area contributed by atoms with Gasteiger partial charge in [0.25, 0.3) is 0 Å². The van der Waals surface area contributed by atoms with Crippen molar-refractivity contribution >= 4 is 11.9 Å². The zero-order valence-corrected chi connectivity index (χ0v) is 15.8. The summed E-state index contributed by atoms with van der Waals surface area (Å²) >= 11 is 0. The number of carbonyl (C=O) groups is 2. The molecule has 146 valence electrons. The van der Waals surface area contributed by atoms with Crippen LogP contribution in [0.3, 0.4) is 0 Å². The predicted molar refractivity (Wildman–Crippen MR) is 93.2 cm³/mol. The van der Waals surface area contributed by atoms with E-state index < -0.39 is 23.4 Å². The first-order valence-electron chi connectivity index (χ1n) is 8.53. The number of amides is 1. The maximum absolute atomic E-state index is 12.9. The van der Waals surface area contributed by atoms with Gasteiger partial charge in [-0.2, -0.15) is 13.2 Å². The minimum Gasteiger partial charge on any atom is -0.444 e. The number of aryl methyl sites for hydroxylation is 1. The summed E-state index contributed by atoms with van der Waals surface area (Å²) in [6, 6.07) is 3.04. The molecular weight excluding hydrogens is 347 g/mol. The van der Waals surface area contributed by atoms with Gasteiger partial charge in [0.15, 0.2) is 5.78 Å². The molecule has 0 saturated carbocycles. The highest BCUT2D eigenvalue weighted by Gasteiger charge is 2.31. The Morgan fingerprint density at radius 3 is 2.27 bits per heavy atom. The van der Waals surface area contributed by atoms with Gasteiger partial charge >= 0.3 is 12.3 Å². The number of carbonyl (C=O) groups excluding carboxylic acids is 2. The van der Waals surface area contributed by atoms with Crippen molar-refractivity contribution in [3.05, 3.63) is 34.9 Å². The van der Waals surface area contributed by atoms with Crippen LogP contribution in [0.4, 0.5) is 18.0 Å². The van der Waals surface area contributed by atoms with E-state index in [0.717, 1.165) is 12.1 Å². The quantitative estimate of drug-likeness (QED) is 0.690. The van der Waals surface area contributed by atoms with Crippen LogP contribution in [0.25, 0.3) is 0 Å². The van der Waals surface area contributed by atoms with E-state index >= 15 is 0 Å².